The number of aliphatic hydroxyl groups excluding tert-OH is 1. The summed E-state index contributed by atoms with van der Waals surface area (Å²) in [6, 6.07) is 10.4. The first-order valence-corrected chi connectivity index (χ1v) is 15.4. The number of nitrogens with one attached hydrogen (secondary N) is 2. The zero-order valence-corrected chi connectivity index (χ0v) is 27.4. The minimum atomic E-state index is -0.818. The van der Waals surface area contributed by atoms with E-state index in [1.807, 2.05) is 69.5 Å². The van der Waals surface area contributed by atoms with Gasteiger partial charge in [-0.25, -0.2) is 13.8 Å². The number of hydrogen-bond donors (Lipinski definition) is 4. The van der Waals surface area contributed by atoms with E-state index in [0.717, 1.165) is 23.8 Å². The lowest BCUT2D eigenvalue weighted by Crippen LogP contribution is -2.52. The second kappa shape index (κ2) is 15.9. The van der Waals surface area contributed by atoms with E-state index in [-0.39, 0.29) is 30.3 Å². The molecule has 12 heteroatoms. The maximum Gasteiger partial charge on any atom is 0.248 e. The summed E-state index contributed by atoms with van der Waals surface area (Å²) in [5.41, 5.74) is 6.37. The summed E-state index contributed by atoms with van der Waals surface area (Å²) in [4.78, 5) is 44.5. The number of aromatic nitrogens is 2. The Morgan fingerprint density at radius 1 is 1.04 bits per heavy atom. The van der Waals surface area contributed by atoms with Crippen molar-refractivity contribution in [2.45, 2.75) is 72.6 Å². The molecule has 3 amide bonds. The summed E-state index contributed by atoms with van der Waals surface area (Å²) < 4.78 is 30.9. The molecular formula is C34H46F2N6O4. The molecule has 1 unspecified atom stereocenters. The highest BCUT2D eigenvalue weighted by Crippen LogP contribution is 2.39. The topological polar surface area (TPSA) is 143 Å². The van der Waals surface area contributed by atoms with E-state index in [2.05, 4.69) is 10.6 Å². The van der Waals surface area contributed by atoms with E-state index in [1.165, 1.54) is 4.90 Å². The van der Waals surface area contributed by atoms with Gasteiger partial charge in [0.15, 0.2) is 0 Å². The first kappa shape index (κ1) is 36.3. The van der Waals surface area contributed by atoms with Crippen LogP contribution < -0.4 is 16.4 Å². The number of imidazole rings is 1. The number of benzene rings is 2. The number of nitrogens with zero attached hydrogens (tertiary/aromatic N) is 3. The highest BCUT2D eigenvalue weighted by Gasteiger charge is 2.38. The molecule has 2 aromatic carbocycles. The molecule has 0 spiro atoms. The number of nitrogens with two attached hydrogens (primary N) is 1. The van der Waals surface area contributed by atoms with Crippen LogP contribution in [0.3, 0.4) is 0 Å². The molecule has 0 aliphatic heterocycles. The summed E-state index contributed by atoms with van der Waals surface area (Å²) in [7, 11) is 0. The minimum Gasteiger partial charge on any atom is -0.387 e. The van der Waals surface area contributed by atoms with Gasteiger partial charge in [0.25, 0.3) is 0 Å². The van der Waals surface area contributed by atoms with E-state index in [1.54, 1.807) is 13.1 Å². The van der Waals surface area contributed by atoms with Crippen molar-refractivity contribution in [2.24, 2.45) is 17.1 Å². The van der Waals surface area contributed by atoms with Crippen LogP contribution in [0.1, 0.15) is 65.4 Å². The Morgan fingerprint density at radius 3 is 2.33 bits per heavy atom. The Labute approximate surface area is 269 Å². The molecule has 3 aromatic rings. The number of carbonyl (C=O) groups is 3. The Hall–Kier alpha value is -4.16. The predicted molar refractivity (Wildman–Crippen MR) is 172 cm³/mol. The van der Waals surface area contributed by atoms with E-state index >= 15 is 0 Å². The molecule has 5 N–H and O–H groups in total. The molecule has 0 saturated heterocycles. The molecule has 3 rings (SSSR count). The third kappa shape index (κ3) is 9.43. The Morgan fingerprint density at radius 2 is 1.72 bits per heavy atom. The SMILES string of the molecule is CC(C)C(N)C(=O)N[C@@H](C)C(=O)NCCCN(C(=O)CO)[C@@H](c1nc(-c2cc(F)ccc2F)cn1Cc1ccccc1)C(C)(C)C. The van der Waals surface area contributed by atoms with Crippen molar-refractivity contribution in [3.63, 3.8) is 0 Å². The van der Waals surface area contributed by atoms with Gasteiger partial charge >= 0.3 is 0 Å². The van der Waals surface area contributed by atoms with Crippen LogP contribution in [-0.4, -0.2) is 69.1 Å². The molecule has 0 aliphatic carbocycles. The highest BCUT2D eigenvalue weighted by atomic mass is 19.1. The number of amides is 3. The first-order chi connectivity index (χ1) is 21.6. The molecule has 46 heavy (non-hydrogen) atoms. The highest BCUT2D eigenvalue weighted by molar-refractivity contribution is 5.89. The molecule has 0 fully saturated rings. The summed E-state index contributed by atoms with van der Waals surface area (Å²) in [5, 5.41) is 15.4. The minimum absolute atomic E-state index is 0.0148. The second-order valence-corrected chi connectivity index (χ2v) is 12.9. The van der Waals surface area contributed by atoms with Gasteiger partial charge in [-0.1, -0.05) is 65.0 Å². The molecule has 1 aromatic heterocycles. The number of halogens is 2. The van der Waals surface area contributed by atoms with Crippen LogP contribution in [0.4, 0.5) is 8.78 Å². The molecule has 3 atom stereocenters. The molecule has 0 saturated carbocycles. The maximum atomic E-state index is 14.9. The molecule has 0 aliphatic rings. The van der Waals surface area contributed by atoms with Crippen LogP contribution >= 0.6 is 0 Å². The second-order valence-electron chi connectivity index (χ2n) is 12.9. The van der Waals surface area contributed by atoms with Crippen molar-refractivity contribution in [1.29, 1.82) is 0 Å². The molecule has 1 heterocycles. The number of rotatable bonds is 14. The van der Waals surface area contributed by atoms with E-state index in [0.29, 0.717) is 18.8 Å². The van der Waals surface area contributed by atoms with Gasteiger partial charge in [-0.3, -0.25) is 14.4 Å². The average Bonchev–Trinajstić information content (AvgIpc) is 3.40. The maximum absolute atomic E-state index is 14.9. The van der Waals surface area contributed by atoms with Crippen LogP contribution in [-0.2, 0) is 20.9 Å². The summed E-state index contributed by atoms with van der Waals surface area (Å²) >= 11 is 0. The van der Waals surface area contributed by atoms with Crippen LogP contribution in [0.5, 0.6) is 0 Å². The van der Waals surface area contributed by atoms with Crippen LogP contribution in [0.25, 0.3) is 11.3 Å². The summed E-state index contributed by atoms with van der Waals surface area (Å²) in [6.07, 6.45) is 1.96. The largest absolute Gasteiger partial charge is 0.387 e. The van der Waals surface area contributed by atoms with Crippen molar-refractivity contribution in [1.82, 2.24) is 25.1 Å². The van der Waals surface area contributed by atoms with Crippen molar-refractivity contribution in [2.75, 3.05) is 19.7 Å². The Bertz CT molecular complexity index is 1490. The lowest BCUT2D eigenvalue weighted by molar-refractivity contribution is -0.139. The lowest BCUT2D eigenvalue weighted by atomic mass is 9.84. The third-order valence-corrected chi connectivity index (χ3v) is 7.69. The number of aliphatic hydroxyl groups is 1. The Kier molecular flexibility index (Phi) is 12.6. The summed E-state index contributed by atoms with van der Waals surface area (Å²) in [6.45, 7) is 10.9. The van der Waals surface area contributed by atoms with Crippen molar-refractivity contribution < 1.29 is 28.3 Å². The van der Waals surface area contributed by atoms with Gasteiger partial charge in [0.05, 0.1) is 17.8 Å². The van der Waals surface area contributed by atoms with Gasteiger partial charge in [-0.2, -0.15) is 0 Å². The first-order valence-electron chi connectivity index (χ1n) is 15.4. The zero-order chi connectivity index (χ0) is 34.2. The van der Waals surface area contributed by atoms with Gasteiger partial charge in [0.2, 0.25) is 17.7 Å². The van der Waals surface area contributed by atoms with Gasteiger partial charge < -0.3 is 30.9 Å². The van der Waals surface area contributed by atoms with Gasteiger partial charge in [0.1, 0.15) is 30.1 Å². The monoisotopic (exact) mass is 640 g/mol. The Balaban J connectivity index is 1.90. The standard InChI is InChI=1S/C34H46F2N6O4/c1-21(2)29(37)33(46)39-22(3)32(45)38-15-10-16-42(28(44)20-43)30(34(4,5)6)31-40-27(25-17-24(35)13-14-26(25)36)19-41(31)18-23-11-8-7-9-12-23/h7-9,11-14,17,19,21-22,29-30,43H,10,15-16,18,20,37H2,1-6H3,(H,38,45)(H,39,46)/t22-,29?,30-/m0/s1. The average molecular weight is 641 g/mol. The molecule has 250 valence electrons. The fourth-order valence-electron chi connectivity index (χ4n) is 5.15. The van der Waals surface area contributed by atoms with Gasteiger partial charge in [-0.05, 0) is 48.4 Å². The van der Waals surface area contributed by atoms with Crippen molar-refractivity contribution >= 4 is 17.7 Å². The van der Waals surface area contributed by atoms with E-state index in [9.17, 15) is 28.3 Å². The lowest BCUT2D eigenvalue weighted by Gasteiger charge is -2.40. The predicted octanol–water partition coefficient (Wildman–Crippen LogP) is 3.78. The van der Waals surface area contributed by atoms with Gasteiger partial charge in [0, 0.05) is 31.4 Å². The third-order valence-electron chi connectivity index (χ3n) is 7.69. The molecule has 0 radical (unpaired) electrons. The van der Waals surface area contributed by atoms with Crippen molar-refractivity contribution in [3.05, 3.63) is 77.8 Å². The number of carbonyl (C=O) groups excluding carboxylic acids is 3. The fourth-order valence-corrected chi connectivity index (χ4v) is 5.15. The molecular weight excluding hydrogens is 594 g/mol. The molecule has 10 nitrogen and oxygen atoms in total. The van der Waals surface area contributed by atoms with Crippen LogP contribution in [0, 0.1) is 23.0 Å². The normalized spacial score (nSPS) is 13.6. The van der Waals surface area contributed by atoms with E-state index < -0.39 is 59.5 Å². The van der Waals surface area contributed by atoms with Crippen molar-refractivity contribution in [3.8, 4) is 11.3 Å². The quantitative estimate of drug-likeness (QED) is 0.198. The summed E-state index contributed by atoms with van der Waals surface area (Å²) in [5.74, 6) is -2.29. The smallest absolute Gasteiger partial charge is 0.248 e. The fraction of sp³-hybridized carbons (Fsp3) is 0.471. The van der Waals surface area contributed by atoms with Gasteiger partial charge in [-0.15, -0.1) is 0 Å². The van der Waals surface area contributed by atoms with Crippen LogP contribution in [0.2, 0.25) is 0 Å². The number of hydrogen-bond acceptors (Lipinski definition) is 6. The van der Waals surface area contributed by atoms with E-state index in [4.69, 9.17) is 10.7 Å². The van der Waals surface area contributed by atoms with Crippen LogP contribution in [0.15, 0.2) is 54.7 Å². The molecule has 0 bridgehead atoms. The zero-order valence-electron chi connectivity index (χ0n) is 27.4.